The van der Waals surface area contributed by atoms with Gasteiger partial charge in [-0.15, -0.1) is 0 Å². The van der Waals surface area contributed by atoms with Gasteiger partial charge in [-0.2, -0.15) is 0 Å². The number of ether oxygens (including phenoxy) is 1. The molecule has 1 aromatic heterocycles. The van der Waals surface area contributed by atoms with E-state index in [-0.39, 0.29) is 0 Å². The van der Waals surface area contributed by atoms with Gasteiger partial charge in [0.1, 0.15) is 5.75 Å². The molecule has 0 atom stereocenters. The van der Waals surface area contributed by atoms with Crippen LogP contribution in [0.4, 0.5) is 0 Å². The van der Waals surface area contributed by atoms with Crippen molar-refractivity contribution in [3.63, 3.8) is 0 Å². The zero-order valence-electron chi connectivity index (χ0n) is 12.0. The lowest BCUT2D eigenvalue weighted by Crippen LogP contribution is -2.10. The number of rotatable bonds is 5. The number of nitrogens with one attached hydrogen (secondary N) is 1. The van der Waals surface area contributed by atoms with Crippen molar-refractivity contribution in [3.05, 3.63) is 35.8 Å². The third-order valence-corrected chi connectivity index (χ3v) is 3.34. The second kappa shape index (κ2) is 5.89. The van der Waals surface area contributed by atoms with Crippen LogP contribution in [0.3, 0.4) is 0 Å². The Balaban J connectivity index is 2.47. The van der Waals surface area contributed by atoms with Crippen LogP contribution in [-0.2, 0) is 20.0 Å². The molecule has 0 spiro atoms. The summed E-state index contributed by atoms with van der Waals surface area (Å²) >= 11 is 0. The molecule has 4 heteroatoms. The van der Waals surface area contributed by atoms with Crippen LogP contribution in [0.1, 0.15) is 18.2 Å². The Bertz CT molecular complexity index is 561. The van der Waals surface area contributed by atoms with Crippen molar-refractivity contribution in [1.29, 1.82) is 0 Å². The van der Waals surface area contributed by atoms with E-state index in [1.165, 1.54) is 11.3 Å². The Hall–Kier alpha value is -1.81. The van der Waals surface area contributed by atoms with Crippen molar-refractivity contribution in [2.75, 3.05) is 14.2 Å². The molecule has 0 saturated heterocycles. The Morgan fingerprint density at radius 1 is 1.37 bits per heavy atom. The summed E-state index contributed by atoms with van der Waals surface area (Å²) < 4.78 is 7.43. The largest absolute Gasteiger partial charge is 0.496 e. The molecule has 0 radical (unpaired) electrons. The van der Waals surface area contributed by atoms with Crippen LogP contribution >= 0.6 is 0 Å². The van der Waals surface area contributed by atoms with E-state index in [9.17, 15) is 0 Å². The van der Waals surface area contributed by atoms with Gasteiger partial charge in [0.05, 0.1) is 24.8 Å². The van der Waals surface area contributed by atoms with E-state index in [0.29, 0.717) is 0 Å². The number of nitrogens with zero attached hydrogens (tertiary/aromatic N) is 2. The molecule has 1 N–H and O–H groups in total. The molecule has 1 aromatic carbocycles. The van der Waals surface area contributed by atoms with Crippen LogP contribution in [-0.4, -0.2) is 23.7 Å². The van der Waals surface area contributed by atoms with Gasteiger partial charge in [0.2, 0.25) is 0 Å². The van der Waals surface area contributed by atoms with Crippen LogP contribution < -0.4 is 10.1 Å². The molecule has 0 aliphatic carbocycles. The molecule has 102 valence electrons. The molecular weight excluding hydrogens is 238 g/mol. The topological polar surface area (TPSA) is 39.1 Å². The number of methoxy groups -OCH3 is 1. The van der Waals surface area contributed by atoms with Crippen molar-refractivity contribution >= 4 is 0 Å². The smallest absolute Gasteiger partial charge is 0.122 e. The average Bonchev–Trinajstić information content (AvgIpc) is 2.80. The fraction of sp³-hybridized carbons (Fsp3) is 0.400. The van der Waals surface area contributed by atoms with Crippen molar-refractivity contribution in [2.45, 2.75) is 19.9 Å². The van der Waals surface area contributed by atoms with Crippen LogP contribution in [0.15, 0.2) is 24.5 Å². The summed E-state index contributed by atoms with van der Waals surface area (Å²) in [6.45, 7) is 2.94. The van der Waals surface area contributed by atoms with E-state index in [1.807, 2.05) is 26.5 Å². The van der Waals surface area contributed by atoms with Gasteiger partial charge in [-0.1, -0.05) is 6.92 Å². The quantitative estimate of drug-likeness (QED) is 0.896. The lowest BCUT2D eigenvalue weighted by Gasteiger charge is -2.10. The molecule has 0 aliphatic rings. The van der Waals surface area contributed by atoms with Gasteiger partial charge in [0.15, 0.2) is 0 Å². The third kappa shape index (κ3) is 2.63. The molecule has 4 nitrogen and oxygen atoms in total. The highest BCUT2D eigenvalue weighted by molar-refractivity contribution is 5.64. The van der Waals surface area contributed by atoms with E-state index in [1.54, 1.807) is 7.11 Å². The molecule has 2 aromatic rings. The first-order valence-electron chi connectivity index (χ1n) is 6.53. The van der Waals surface area contributed by atoms with Gasteiger partial charge in [0, 0.05) is 19.2 Å². The van der Waals surface area contributed by atoms with Gasteiger partial charge in [-0.25, -0.2) is 4.98 Å². The minimum atomic E-state index is 0.805. The van der Waals surface area contributed by atoms with Crippen molar-refractivity contribution < 1.29 is 4.74 Å². The molecule has 0 fully saturated rings. The highest BCUT2D eigenvalue weighted by Gasteiger charge is 2.12. The second-order valence-corrected chi connectivity index (χ2v) is 4.56. The molecule has 0 unspecified atom stereocenters. The minimum Gasteiger partial charge on any atom is -0.496 e. The molecule has 1 heterocycles. The highest BCUT2D eigenvalue weighted by Crippen LogP contribution is 2.28. The highest BCUT2D eigenvalue weighted by atomic mass is 16.5. The van der Waals surface area contributed by atoms with Gasteiger partial charge >= 0.3 is 0 Å². The number of aryl methyl sites for hydroxylation is 2. The maximum Gasteiger partial charge on any atom is 0.122 e. The zero-order chi connectivity index (χ0) is 13.8. The van der Waals surface area contributed by atoms with Crippen LogP contribution in [0.25, 0.3) is 11.3 Å². The summed E-state index contributed by atoms with van der Waals surface area (Å²) in [4.78, 5) is 4.52. The van der Waals surface area contributed by atoms with Gasteiger partial charge in [-0.3, -0.25) is 0 Å². The number of aromatic nitrogens is 2. The minimum absolute atomic E-state index is 0.805. The molecule has 19 heavy (non-hydrogen) atoms. The summed E-state index contributed by atoms with van der Waals surface area (Å²) in [5, 5.41) is 3.19. The van der Waals surface area contributed by atoms with Crippen LogP contribution in [0.2, 0.25) is 0 Å². The molecular formula is C15H21N3O. The fourth-order valence-electron chi connectivity index (χ4n) is 2.27. The lowest BCUT2D eigenvalue weighted by molar-refractivity contribution is 0.410. The molecule has 2 rings (SSSR count). The summed E-state index contributed by atoms with van der Waals surface area (Å²) in [7, 11) is 5.68. The number of imidazole rings is 1. The van der Waals surface area contributed by atoms with E-state index in [0.717, 1.165) is 30.0 Å². The Morgan fingerprint density at radius 3 is 2.79 bits per heavy atom. The van der Waals surface area contributed by atoms with E-state index < -0.39 is 0 Å². The Kier molecular flexibility index (Phi) is 4.22. The monoisotopic (exact) mass is 259 g/mol. The third-order valence-electron chi connectivity index (χ3n) is 3.34. The summed E-state index contributed by atoms with van der Waals surface area (Å²) in [6, 6.07) is 6.26. The van der Waals surface area contributed by atoms with Crippen molar-refractivity contribution in [2.24, 2.45) is 7.05 Å². The zero-order valence-corrected chi connectivity index (χ0v) is 12.0. The van der Waals surface area contributed by atoms with Crippen molar-refractivity contribution in [3.8, 4) is 17.0 Å². The molecule has 0 saturated carbocycles. The van der Waals surface area contributed by atoms with E-state index >= 15 is 0 Å². The maximum absolute atomic E-state index is 5.37. The predicted molar refractivity (Wildman–Crippen MR) is 77.3 cm³/mol. The summed E-state index contributed by atoms with van der Waals surface area (Å²) in [5.74, 6) is 0.942. The standard InChI is InChI=1S/C15H21N3O/c1-5-11-8-12(6-7-14(11)19-4)15-13(9-16-2)18(3)10-17-15/h6-8,10,16H,5,9H2,1-4H3. The molecule has 0 bridgehead atoms. The summed E-state index contributed by atoms with van der Waals surface area (Å²) in [6.07, 6.45) is 2.81. The van der Waals surface area contributed by atoms with Crippen LogP contribution in [0.5, 0.6) is 5.75 Å². The number of hydrogen-bond acceptors (Lipinski definition) is 3. The van der Waals surface area contributed by atoms with Crippen molar-refractivity contribution in [1.82, 2.24) is 14.9 Å². The fourth-order valence-corrected chi connectivity index (χ4v) is 2.27. The normalized spacial score (nSPS) is 10.7. The number of benzene rings is 1. The first-order chi connectivity index (χ1) is 9.21. The lowest BCUT2D eigenvalue weighted by atomic mass is 10.0. The molecule has 0 aliphatic heterocycles. The van der Waals surface area contributed by atoms with Gasteiger partial charge in [-0.05, 0) is 37.2 Å². The Labute approximate surface area is 114 Å². The predicted octanol–water partition coefficient (Wildman–Crippen LogP) is 2.38. The Morgan fingerprint density at radius 2 is 2.16 bits per heavy atom. The summed E-state index contributed by atoms with van der Waals surface area (Å²) in [5.41, 5.74) is 4.58. The van der Waals surface area contributed by atoms with Gasteiger partial charge < -0.3 is 14.6 Å². The van der Waals surface area contributed by atoms with E-state index in [4.69, 9.17) is 4.74 Å². The SMILES string of the molecule is CCc1cc(-c2ncn(C)c2CNC)ccc1OC. The maximum atomic E-state index is 5.37. The molecule has 0 amide bonds. The van der Waals surface area contributed by atoms with Crippen LogP contribution in [0, 0.1) is 0 Å². The first kappa shape index (κ1) is 13.6. The van der Waals surface area contributed by atoms with Gasteiger partial charge in [0.25, 0.3) is 0 Å². The average molecular weight is 259 g/mol. The van der Waals surface area contributed by atoms with E-state index in [2.05, 4.69) is 33.9 Å². The second-order valence-electron chi connectivity index (χ2n) is 4.56. The first-order valence-corrected chi connectivity index (χ1v) is 6.53. The number of hydrogen-bond donors (Lipinski definition) is 1.